The van der Waals surface area contributed by atoms with Crippen LogP contribution in [0.25, 0.3) is 0 Å². The number of imidazole rings is 1. The van der Waals surface area contributed by atoms with Gasteiger partial charge in [-0.25, -0.2) is 18.2 Å². The standard InChI is InChI=1S/C26H30ClN5O6S2.ClH/c1-4-17-18(32-13-7-10-23(32)33)8-6-9-20(17)40(36,37)30-26(25(35)38-5-2,21-14-28-16-31(21)3)15-29-24(34)19-11-12-22(27)39-19;/h6,8-9,11-12,14,16,30H,4-5,7,10,13,15H2,1-3H3,(H,29,34);1H/t26-;/m1./s1. The second-order valence-corrected chi connectivity index (χ2v) is 12.5. The zero-order valence-corrected chi connectivity index (χ0v) is 25.9. The van der Waals surface area contributed by atoms with Gasteiger partial charge >= 0.3 is 5.97 Å². The summed E-state index contributed by atoms with van der Waals surface area (Å²) in [7, 11) is -2.84. The summed E-state index contributed by atoms with van der Waals surface area (Å²) in [6, 6.07) is 7.80. The number of sulfonamides is 1. The first-order chi connectivity index (χ1) is 19.0. The summed E-state index contributed by atoms with van der Waals surface area (Å²) in [6.45, 7) is 3.36. The van der Waals surface area contributed by atoms with E-state index in [2.05, 4.69) is 15.0 Å². The van der Waals surface area contributed by atoms with E-state index in [1.165, 1.54) is 29.2 Å². The van der Waals surface area contributed by atoms with Crippen LogP contribution >= 0.6 is 35.3 Å². The van der Waals surface area contributed by atoms with Gasteiger partial charge in [-0.1, -0.05) is 24.6 Å². The zero-order valence-electron chi connectivity index (χ0n) is 22.7. The van der Waals surface area contributed by atoms with Crippen molar-refractivity contribution in [2.24, 2.45) is 7.05 Å². The average Bonchev–Trinajstić information content (AvgIpc) is 3.67. The maximum absolute atomic E-state index is 14.1. The Morgan fingerprint density at radius 1 is 1.22 bits per heavy atom. The second-order valence-electron chi connectivity index (χ2n) is 9.16. The lowest BCUT2D eigenvalue weighted by atomic mass is 9.96. The molecule has 4 rings (SSSR count). The molecule has 0 unspecified atom stereocenters. The minimum Gasteiger partial charge on any atom is -0.464 e. The number of rotatable bonds is 11. The molecule has 1 saturated heterocycles. The SMILES string of the molecule is CCOC(=O)[C@](CNC(=O)c1ccc(Cl)s1)(NS(=O)(=O)c1cccc(N2CCCC2=O)c1CC)c1cncn1C.Cl. The minimum absolute atomic E-state index is 0. The Kier molecular flexibility index (Phi) is 10.6. The molecule has 222 valence electrons. The Hall–Kier alpha value is -2.97. The summed E-state index contributed by atoms with van der Waals surface area (Å²) >= 11 is 7.02. The van der Waals surface area contributed by atoms with Gasteiger partial charge in [0.2, 0.25) is 15.9 Å². The summed E-state index contributed by atoms with van der Waals surface area (Å²) in [4.78, 5) is 45.0. The molecule has 1 atom stereocenters. The number of aryl methyl sites for hydroxylation is 1. The van der Waals surface area contributed by atoms with Crippen molar-refractivity contribution in [1.29, 1.82) is 0 Å². The summed E-state index contributed by atoms with van der Waals surface area (Å²) in [5, 5.41) is 2.66. The topological polar surface area (TPSA) is 140 Å². The van der Waals surface area contributed by atoms with Gasteiger partial charge in [0.05, 0.1) is 45.5 Å². The fourth-order valence-electron chi connectivity index (χ4n) is 4.76. The van der Waals surface area contributed by atoms with Crippen molar-refractivity contribution < 1.29 is 27.5 Å². The van der Waals surface area contributed by atoms with Crippen molar-refractivity contribution in [3.63, 3.8) is 0 Å². The van der Waals surface area contributed by atoms with Gasteiger partial charge < -0.3 is 19.5 Å². The number of thiophene rings is 1. The van der Waals surface area contributed by atoms with Crippen LogP contribution in [0.15, 0.2) is 47.8 Å². The Labute approximate surface area is 253 Å². The molecule has 0 aliphatic carbocycles. The third kappa shape index (κ3) is 6.59. The van der Waals surface area contributed by atoms with Crippen molar-refractivity contribution in [2.45, 2.75) is 43.5 Å². The summed E-state index contributed by atoms with van der Waals surface area (Å²) < 4.78 is 38.1. The molecular weight excluding hydrogens is 613 g/mol. The first kappa shape index (κ1) is 32.5. The van der Waals surface area contributed by atoms with Gasteiger partial charge in [-0.05, 0) is 49.6 Å². The molecule has 3 heterocycles. The highest BCUT2D eigenvalue weighted by atomic mass is 35.5. The number of amides is 2. The normalized spacial score (nSPS) is 14.8. The number of nitrogens with zero attached hydrogens (tertiary/aromatic N) is 3. The molecule has 2 amide bonds. The highest BCUT2D eigenvalue weighted by molar-refractivity contribution is 7.89. The Bertz CT molecular complexity index is 1540. The van der Waals surface area contributed by atoms with Crippen molar-refractivity contribution in [3.8, 4) is 0 Å². The molecule has 3 aromatic rings. The lowest BCUT2D eigenvalue weighted by molar-refractivity contribution is -0.151. The van der Waals surface area contributed by atoms with Crippen LogP contribution in [0, 0.1) is 0 Å². The predicted octanol–water partition coefficient (Wildman–Crippen LogP) is 3.41. The number of ether oxygens (including phenoxy) is 1. The van der Waals surface area contributed by atoms with Gasteiger partial charge in [-0.15, -0.1) is 23.7 Å². The fourth-order valence-corrected chi connectivity index (χ4v) is 7.38. The number of benzene rings is 1. The average molecular weight is 645 g/mol. The molecule has 15 heteroatoms. The van der Waals surface area contributed by atoms with Crippen LogP contribution in [0.2, 0.25) is 4.34 Å². The van der Waals surface area contributed by atoms with E-state index in [1.807, 2.05) is 0 Å². The molecule has 1 aliphatic rings. The van der Waals surface area contributed by atoms with E-state index >= 15 is 0 Å². The molecule has 1 fully saturated rings. The Balaban J connectivity index is 0.00000462. The summed E-state index contributed by atoms with van der Waals surface area (Å²) in [5.41, 5.74) is -0.979. The largest absolute Gasteiger partial charge is 0.464 e. The monoisotopic (exact) mass is 643 g/mol. The van der Waals surface area contributed by atoms with Gasteiger partial charge in [0, 0.05) is 25.7 Å². The van der Waals surface area contributed by atoms with E-state index in [9.17, 15) is 22.8 Å². The lowest BCUT2D eigenvalue weighted by Crippen LogP contribution is -2.59. The third-order valence-electron chi connectivity index (χ3n) is 6.61. The van der Waals surface area contributed by atoms with Crippen LogP contribution in [-0.4, -0.2) is 55.4 Å². The Morgan fingerprint density at radius 3 is 2.54 bits per heavy atom. The number of carbonyl (C=O) groups excluding carboxylic acids is 3. The molecule has 1 aromatic carbocycles. The van der Waals surface area contributed by atoms with Gasteiger partial charge in [0.15, 0.2) is 5.54 Å². The van der Waals surface area contributed by atoms with Crippen LogP contribution < -0.4 is 14.9 Å². The first-order valence-electron chi connectivity index (χ1n) is 12.7. The number of anilines is 1. The number of nitrogens with one attached hydrogen (secondary N) is 2. The molecule has 0 saturated carbocycles. The second kappa shape index (κ2) is 13.3. The molecular formula is C26H31Cl2N5O6S2. The summed E-state index contributed by atoms with van der Waals surface area (Å²) in [6.07, 6.45) is 4.13. The molecule has 0 spiro atoms. The van der Waals surface area contributed by atoms with Crippen LogP contribution in [-0.2, 0) is 43.4 Å². The molecule has 1 aliphatic heterocycles. The number of esters is 1. The van der Waals surface area contributed by atoms with Gasteiger partial charge in [0.25, 0.3) is 5.91 Å². The molecule has 41 heavy (non-hydrogen) atoms. The van der Waals surface area contributed by atoms with E-state index in [-0.39, 0.29) is 40.4 Å². The van der Waals surface area contributed by atoms with Crippen LogP contribution in [0.1, 0.15) is 47.6 Å². The van der Waals surface area contributed by atoms with Crippen LogP contribution in [0.3, 0.4) is 0 Å². The smallest absolute Gasteiger partial charge is 0.335 e. The fraction of sp³-hybridized carbons (Fsp3) is 0.385. The highest BCUT2D eigenvalue weighted by Crippen LogP contribution is 2.33. The molecule has 0 radical (unpaired) electrons. The van der Waals surface area contributed by atoms with E-state index < -0.39 is 34.0 Å². The highest BCUT2D eigenvalue weighted by Gasteiger charge is 2.48. The zero-order chi connectivity index (χ0) is 29.1. The predicted molar refractivity (Wildman–Crippen MR) is 158 cm³/mol. The van der Waals surface area contributed by atoms with E-state index in [4.69, 9.17) is 16.3 Å². The maximum Gasteiger partial charge on any atom is 0.335 e. The van der Waals surface area contributed by atoms with Crippen molar-refractivity contribution >= 4 is 68.8 Å². The number of hydrogen-bond donors (Lipinski definition) is 2. The van der Waals surface area contributed by atoms with E-state index in [0.717, 1.165) is 11.3 Å². The van der Waals surface area contributed by atoms with Gasteiger partial charge in [-0.3, -0.25) is 9.59 Å². The molecule has 11 nitrogen and oxygen atoms in total. The van der Waals surface area contributed by atoms with Crippen molar-refractivity contribution in [1.82, 2.24) is 19.6 Å². The van der Waals surface area contributed by atoms with Crippen molar-refractivity contribution in [2.75, 3.05) is 24.6 Å². The van der Waals surface area contributed by atoms with Crippen molar-refractivity contribution in [3.05, 3.63) is 63.3 Å². The number of carbonyl (C=O) groups is 3. The first-order valence-corrected chi connectivity index (χ1v) is 15.4. The maximum atomic E-state index is 14.1. The molecule has 2 aromatic heterocycles. The number of aromatic nitrogens is 2. The number of hydrogen-bond acceptors (Lipinski definition) is 8. The lowest BCUT2D eigenvalue weighted by Gasteiger charge is -2.33. The quantitative estimate of drug-likeness (QED) is 0.305. The van der Waals surface area contributed by atoms with Gasteiger partial charge in [-0.2, -0.15) is 4.72 Å². The molecule has 2 N–H and O–H groups in total. The van der Waals surface area contributed by atoms with Gasteiger partial charge in [0.1, 0.15) is 0 Å². The summed E-state index contributed by atoms with van der Waals surface area (Å²) in [5.74, 6) is -1.55. The van der Waals surface area contributed by atoms with Crippen LogP contribution in [0.4, 0.5) is 5.69 Å². The van der Waals surface area contributed by atoms with Crippen LogP contribution in [0.5, 0.6) is 0 Å². The Morgan fingerprint density at radius 2 is 1.98 bits per heavy atom. The van der Waals surface area contributed by atoms with E-state index in [1.54, 1.807) is 44.0 Å². The number of halogens is 2. The molecule has 0 bridgehead atoms. The third-order valence-corrected chi connectivity index (χ3v) is 9.42. The minimum atomic E-state index is -4.44. The van der Waals surface area contributed by atoms with E-state index in [0.29, 0.717) is 41.4 Å².